The number of aliphatic imine (C=N–C) groups is 1. The molecule has 0 aromatic heterocycles. The molecule has 1 N–H and O–H groups in total. The molecule has 0 spiro atoms. The van der Waals surface area contributed by atoms with E-state index in [0.29, 0.717) is 5.92 Å². The molecule has 1 heterocycles. The third kappa shape index (κ3) is 5.76. The van der Waals surface area contributed by atoms with Crippen molar-refractivity contribution in [1.29, 1.82) is 0 Å². The third-order valence-corrected chi connectivity index (χ3v) is 6.39. The summed E-state index contributed by atoms with van der Waals surface area (Å²) in [5.74, 6) is 1.36. The lowest BCUT2D eigenvalue weighted by atomic mass is 10.1. The maximum atomic E-state index is 12.1. The number of ether oxygens (including phenoxy) is 1. The quantitative estimate of drug-likeness (QED) is 0.583. The van der Waals surface area contributed by atoms with Gasteiger partial charge in [-0.3, -0.25) is 4.99 Å². The number of hydrogen-bond donors (Lipinski definition) is 1. The molecule has 0 aliphatic carbocycles. The standard InChI is InChI=1S/C15H31N3O3S/c1-6-16-14(18(5)11-13-7-9-21-12-13)17-8-10-22(19,20)15(2,3)4/h13H,6-12H2,1-5H3,(H,16,17). The van der Waals surface area contributed by atoms with Crippen molar-refractivity contribution in [2.24, 2.45) is 10.9 Å². The molecule has 1 atom stereocenters. The summed E-state index contributed by atoms with van der Waals surface area (Å²) in [7, 11) is -1.15. The van der Waals surface area contributed by atoms with Gasteiger partial charge in [-0.15, -0.1) is 0 Å². The Morgan fingerprint density at radius 1 is 1.41 bits per heavy atom. The van der Waals surface area contributed by atoms with Crippen LogP contribution in [0.25, 0.3) is 0 Å². The van der Waals surface area contributed by atoms with E-state index in [0.717, 1.165) is 38.7 Å². The van der Waals surface area contributed by atoms with Crippen LogP contribution in [-0.2, 0) is 14.6 Å². The van der Waals surface area contributed by atoms with Crippen molar-refractivity contribution in [2.45, 2.75) is 38.9 Å². The fourth-order valence-electron chi connectivity index (χ4n) is 2.25. The van der Waals surface area contributed by atoms with E-state index < -0.39 is 14.6 Å². The van der Waals surface area contributed by atoms with E-state index in [9.17, 15) is 8.42 Å². The number of rotatable bonds is 6. The number of hydrogen-bond acceptors (Lipinski definition) is 4. The van der Waals surface area contributed by atoms with Crippen molar-refractivity contribution in [1.82, 2.24) is 10.2 Å². The van der Waals surface area contributed by atoms with E-state index in [1.165, 1.54) is 0 Å². The predicted molar refractivity (Wildman–Crippen MR) is 91.1 cm³/mol. The van der Waals surface area contributed by atoms with E-state index in [4.69, 9.17) is 4.74 Å². The molecule has 0 radical (unpaired) electrons. The van der Waals surface area contributed by atoms with Crippen molar-refractivity contribution in [3.8, 4) is 0 Å². The first-order chi connectivity index (χ1) is 10.2. The Balaban J connectivity index is 2.61. The van der Waals surface area contributed by atoms with Gasteiger partial charge in [0.2, 0.25) is 0 Å². The molecule has 0 aromatic rings. The van der Waals surface area contributed by atoms with E-state index in [2.05, 4.69) is 15.2 Å². The summed E-state index contributed by atoms with van der Waals surface area (Å²) in [6, 6.07) is 0. The van der Waals surface area contributed by atoms with Crippen LogP contribution in [0.3, 0.4) is 0 Å². The van der Waals surface area contributed by atoms with Crippen LogP contribution >= 0.6 is 0 Å². The van der Waals surface area contributed by atoms with Gasteiger partial charge in [0.15, 0.2) is 15.8 Å². The smallest absolute Gasteiger partial charge is 0.193 e. The predicted octanol–water partition coefficient (Wildman–Crippen LogP) is 1.13. The molecule has 0 aromatic carbocycles. The van der Waals surface area contributed by atoms with Gasteiger partial charge >= 0.3 is 0 Å². The zero-order chi connectivity index (χ0) is 16.8. The number of nitrogens with one attached hydrogen (secondary N) is 1. The Bertz CT molecular complexity index is 463. The minimum Gasteiger partial charge on any atom is -0.381 e. The van der Waals surface area contributed by atoms with Crippen LogP contribution in [-0.4, -0.2) is 69.7 Å². The van der Waals surface area contributed by atoms with Crippen molar-refractivity contribution in [3.63, 3.8) is 0 Å². The second-order valence-corrected chi connectivity index (χ2v) is 9.64. The van der Waals surface area contributed by atoms with Crippen LogP contribution < -0.4 is 5.32 Å². The van der Waals surface area contributed by atoms with Gasteiger partial charge in [0.05, 0.1) is 23.7 Å². The van der Waals surface area contributed by atoms with Crippen LogP contribution in [0.5, 0.6) is 0 Å². The molecular weight excluding hydrogens is 302 g/mol. The SMILES string of the molecule is CCNC(=NCCS(=O)(=O)C(C)(C)C)N(C)CC1CCOC1. The molecule has 1 aliphatic rings. The van der Waals surface area contributed by atoms with E-state index in [1.54, 1.807) is 20.8 Å². The minimum absolute atomic E-state index is 0.0752. The molecule has 1 fully saturated rings. The highest BCUT2D eigenvalue weighted by Crippen LogP contribution is 2.16. The van der Waals surface area contributed by atoms with Crippen LogP contribution in [0.4, 0.5) is 0 Å². The average Bonchev–Trinajstić information content (AvgIpc) is 2.89. The van der Waals surface area contributed by atoms with Gasteiger partial charge in [0.25, 0.3) is 0 Å². The molecule has 1 aliphatic heterocycles. The molecule has 22 heavy (non-hydrogen) atoms. The maximum absolute atomic E-state index is 12.1. The fourth-order valence-corrected chi connectivity index (χ4v) is 3.19. The van der Waals surface area contributed by atoms with Gasteiger partial charge in [-0.1, -0.05) is 0 Å². The zero-order valence-electron chi connectivity index (χ0n) is 14.6. The van der Waals surface area contributed by atoms with Crippen LogP contribution in [0, 0.1) is 5.92 Å². The second-order valence-electron chi connectivity index (χ2n) is 6.78. The highest BCUT2D eigenvalue weighted by Gasteiger charge is 2.28. The first kappa shape index (κ1) is 19.2. The Kier molecular flexibility index (Phi) is 7.12. The van der Waals surface area contributed by atoms with Crippen molar-refractivity contribution < 1.29 is 13.2 Å². The lowest BCUT2D eigenvalue weighted by molar-refractivity contribution is 0.181. The lowest BCUT2D eigenvalue weighted by Gasteiger charge is -2.25. The molecule has 7 heteroatoms. The summed E-state index contributed by atoms with van der Waals surface area (Å²) in [5, 5.41) is 3.22. The Hall–Kier alpha value is -0.820. The van der Waals surface area contributed by atoms with Gasteiger partial charge in [0, 0.05) is 32.7 Å². The monoisotopic (exact) mass is 333 g/mol. The first-order valence-corrected chi connectivity index (χ1v) is 9.62. The lowest BCUT2D eigenvalue weighted by Crippen LogP contribution is -2.42. The molecule has 0 amide bonds. The van der Waals surface area contributed by atoms with Crippen molar-refractivity contribution in [2.75, 3.05) is 45.6 Å². The summed E-state index contributed by atoms with van der Waals surface area (Å²) in [4.78, 5) is 6.53. The van der Waals surface area contributed by atoms with Crippen LogP contribution in [0.1, 0.15) is 34.1 Å². The highest BCUT2D eigenvalue weighted by molar-refractivity contribution is 7.92. The van der Waals surface area contributed by atoms with Gasteiger partial charge < -0.3 is 15.0 Å². The third-order valence-electron chi connectivity index (χ3n) is 3.81. The van der Waals surface area contributed by atoms with Crippen LogP contribution in [0.15, 0.2) is 4.99 Å². The normalized spacial score (nSPS) is 20.2. The Morgan fingerprint density at radius 3 is 2.59 bits per heavy atom. The maximum Gasteiger partial charge on any atom is 0.193 e. The number of guanidine groups is 1. The van der Waals surface area contributed by atoms with Gasteiger partial charge in [-0.05, 0) is 34.1 Å². The summed E-state index contributed by atoms with van der Waals surface area (Å²) >= 11 is 0. The molecule has 130 valence electrons. The first-order valence-electron chi connectivity index (χ1n) is 7.97. The van der Waals surface area contributed by atoms with E-state index in [-0.39, 0.29) is 12.3 Å². The molecular formula is C15H31N3O3S. The van der Waals surface area contributed by atoms with Gasteiger partial charge in [-0.2, -0.15) is 0 Å². The summed E-state index contributed by atoms with van der Waals surface area (Å²) < 4.78 is 28.9. The Morgan fingerprint density at radius 2 is 2.09 bits per heavy atom. The minimum atomic E-state index is -3.13. The van der Waals surface area contributed by atoms with Crippen LogP contribution in [0.2, 0.25) is 0 Å². The summed E-state index contributed by atoms with van der Waals surface area (Å²) in [6.45, 7) is 10.7. The van der Waals surface area contributed by atoms with E-state index >= 15 is 0 Å². The number of sulfone groups is 1. The second kappa shape index (κ2) is 8.15. The summed E-state index contributed by atoms with van der Waals surface area (Å²) in [6.07, 6.45) is 1.07. The van der Waals surface area contributed by atoms with Gasteiger partial charge in [0.1, 0.15) is 0 Å². The molecule has 1 unspecified atom stereocenters. The largest absolute Gasteiger partial charge is 0.381 e. The average molecular weight is 333 g/mol. The van der Waals surface area contributed by atoms with E-state index in [1.807, 2.05) is 14.0 Å². The fraction of sp³-hybridized carbons (Fsp3) is 0.933. The van der Waals surface area contributed by atoms with Crippen molar-refractivity contribution >= 4 is 15.8 Å². The Labute approximate surface area is 135 Å². The molecule has 1 saturated heterocycles. The highest BCUT2D eigenvalue weighted by atomic mass is 32.2. The molecule has 6 nitrogen and oxygen atoms in total. The zero-order valence-corrected chi connectivity index (χ0v) is 15.4. The number of nitrogens with zero attached hydrogens (tertiary/aromatic N) is 2. The van der Waals surface area contributed by atoms with Gasteiger partial charge in [-0.25, -0.2) is 8.42 Å². The molecule has 0 saturated carbocycles. The molecule has 0 bridgehead atoms. The van der Waals surface area contributed by atoms with Crippen molar-refractivity contribution in [3.05, 3.63) is 0 Å². The summed E-state index contributed by atoms with van der Waals surface area (Å²) in [5.41, 5.74) is 0. The topological polar surface area (TPSA) is 71.0 Å². The molecule has 1 rings (SSSR count).